The Labute approximate surface area is 105 Å². The smallest absolute Gasteiger partial charge is 0.339 e. The molecule has 0 radical (unpaired) electrons. The second-order valence-corrected chi connectivity index (χ2v) is 4.74. The summed E-state index contributed by atoms with van der Waals surface area (Å²) in [5.41, 5.74) is 0.225. The van der Waals surface area contributed by atoms with Crippen molar-refractivity contribution < 1.29 is 9.90 Å². The van der Waals surface area contributed by atoms with Crippen molar-refractivity contribution in [1.29, 1.82) is 0 Å². The van der Waals surface area contributed by atoms with Crippen LogP contribution in [0.2, 0.25) is 5.15 Å². The molecule has 1 atom stereocenters. The highest BCUT2D eigenvalue weighted by Gasteiger charge is 2.24. The summed E-state index contributed by atoms with van der Waals surface area (Å²) in [6.45, 7) is 2.93. The maximum atomic E-state index is 11.2. The lowest BCUT2D eigenvalue weighted by Gasteiger charge is -2.35. The molecule has 0 aromatic carbocycles. The van der Waals surface area contributed by atoms with Crippen molar-refractivity contribution in [1.82, 2.24) is 4.98 Å². The van der Waals surface area contributed by atoms with Crippen molar-refractivity contribution in [2.45, 2.75) is 32.2 Å². The van der Waals surface area contributed by atoms with Crippen LogP contribution in [-0.4, -0.2) is 28.6 Å². The summed E-state index contributed by atoms with van der Waals surface area (Å²) in [7, 11) is 0. The highest BCUT2D eigenvalue weighted by molar-refractivity contribution is 6.29. The number of nitrogens with zero attached hydrogens (tertiary/aromatic N) is 2. The lowest BCUT2D eigenvalue weighted by Crippen LogP contribution is -2.39. The van der Waals surface area contributed by atoms with E-state index < -0.39 is 5.97 Å². The number of rotatable bonds is 2. The Morgan fingerprint density at radius 2 is 2.29 bits per heavy atom. The molecule has 0 bridgehead atoms. The number of hydrogen-bond acceptors (Lipinski definition) is 3. The average molecular weight is 255 g/mol. The second-order valence-electron chi connectivity index (χ2n) is 4.35. The van der Waals surface area contributed by atoms with E-state index in [0.717, 1.165) is 19.4 Å². The van der Waals surface area contributed by atoms with E-state index in [1.807, 2.05) is 4.90 Å². The molecule has 5 heteroatoms. The highest BCUT2D eigenvalue weighted by Crippen LogP contribution is 2.27. The zero-order valence-corrected chi connectivity index (χ0v) is 10.4. The molecule has 2 heterocycles. The molecule has 1 unspecified atom stereocenters. The van der Waals surface area contributed by atoms with Gasteiger partial charge in [-0.3, -0.25) is 0 Å². The Balaban J connectivity index is 2.41. The fourth-order valence-electron chi connectivity index (χ4n) is 2.22. The Morgan fingerprint density at radius 1 is 1.53 bits per heavy atom. The zero-order chi connectivity index (χ0) is 12.4. The maximum absolute atomic E-state index is 11.2. The van der Waals surface area contributed by atoms with Gasteiger partial charge < -0.3 is 10.0 Å². The van der Waals surface area contributed by atoms with Crippen LogP contribution in [0.15, 0.2) is 12.1 Å². The molecule has 0 aliphatic carbocycles. The molecule has 17 heavy (non-hydrogen) atoms. The summed E-state index contributed by atoms with van der Waals surface area (Å²) in [4.78, 5) is 17.4. The van der Waals surface area contributed by atoms with Gasteiger partial charge in [0.25, 0.3) is 0 Å². The van der Waals surface area contributed by atoms with Gasteiger partial charge >= 0.3 is 5.97 Å². The molecule has 92 valence electrons. The number of pyridine rings is 1. The van der Waals surface area contributed by atoms with E-state index in [2.05, 4.69) is 11.9 Å². The van der Waals surface area contributed by atoms with E-state index in [4.69, 9.17) is 16.7 Å². The molecule has 1 saturated heterocycles. The Hall–Kier alpha value is -1.29. The summed E-state index contributed by atoms with van der Waals surface area (Å²) < 4.78 is 0. The Kier molecular flexibility index (Phi) is 3.52. The van der Waals surface area contributed by atoms with Crippen LogP contribution in [0, 0.1) is 0 Å². The van der Waals surface area contributed by atoms with Gasteiger partial charge in [-0.25, -0.2) is 9.78 Å². The van der Waals surface area contributed by atoms with Crippen LogP contribution < -0.4 is 4.90 Å². The largest absolute Gasteiger partial charge is 0.478 e. The van der Waals surface area contributed by atoms with Crippen molar-refractivity contribution in [3.63, 3.8) is 0 Å². The molecule has 0 spiro atoms. The summed E-state index contributed by atoms with van der Waals surface area (Å²) in [5.74, 6) is -0.459. The highest BCUT2D eigenvalue weighted by atomic mass is 35.5. The van der Waals surface area contributed by atoms with Crippen LogP contribution in [0.4, 0.5) is 5.82 Å². The van der Waals surface area contributed by atoms with Gasteiger partial charge in [-0.1, -0.05) is 11.6 Å². The monoisotopic (exact) mass is 254 g/mol. The fraction of sp³-hybridized carbons (Fsp3) is 0.500. The number of halogens is 1. The number of aromatic nitrogens is 1. The summed E-state index contributed by atoms with van der Waals surface area (Å²) >= 11 is 5.86. The van der Waals surface area contributed by atoms with E-state index in [-0.39, 0.29) is 5.56 Å². The van der Waals surface area contributed by atoms with Gasteiger partial charge in [0.2, 0.25) is 0 Å². The van der Waals surface area contributed by atoms with Crippen LogP contribution >= 0.6 is 11.6 Å². The van der Waals surface area contributed by atoms with E-state index in [0.29, 0.717) is 17.0 Å². The Morgan fingerprint density at radius 3 is 2.94 bits per heavy atom. The molecule has 1 aliphatic heterocycles. The van der Waals surface area contributed by atoms with Gasteiger partial charge in [0, 0.05) is 12.6 Å². The van der Waals surface area contributed by atoms with Crippen LogP contribution in [0.25, 0.3) is 0 Å². The van der Waals surface area contributed by atoms with Gasteiger partial charge in [-0.15, -0.1) is 0 Å². The van der Waals surface area contributed by atoms with Gasteiger partial charge in [0.05, 0.1) is 0 Å². The van der Waals surface area contributed by atoms with Crippen LogP contribution in [0.3, 0.4) is 0 Å². The molecule has 1 aliphatic rings. The normalized spacial score (nSPS) is 20.4. The third-order valence-electron chi connectivity index (χ3n) is 3.15. The molecule has 2 rings (SSSR count). The van der Waals surface area contributed by atoms with Gasteiger partial charge in [-0.05, 0) is 38.3 Å². The first-order valence-electron chi connectivity index (χ1n) is 5.76. The third-order valence-corrected chi connectivity index (χ3v) is 3.36. The summed E-state index contributed by atoms with van der Waals surface area (Å²) in [5, 5.41) is 9.50. The maximum Gasteiger partial charge on any atom is 0.339 e. The first kappa shape index (κ1) is 12.2. The Bertz CT molecular complexity index is 437. The lowest BCUT2D eigenvalue weighted by molar-refractivity contribution is 0.0697. The number of piperidine rings is 1. The van der Waals surface area contributed by atoms with Crippen molar-refractivity contribution in [3.05, 3.63) is 22.8 Å². The predicted octanol–water partition coefficient (Wildman–Crippen LogP) is 2.81. The minimum Gasteiger partial charge on any atom is -0.478 e. The number of carbonyl (C=O) groups is 1. The number of carboxylic acid groups (broad SMARTS) is 1. The van der Waals surface area contributed by atoms with E-state index in [9.17, 15) is 4.79 Å². The number of aromatic carboxylic acids is 1. The third kappa shape index (κ3) is 2.52. The second kappa shape index (κ2) is 4.92. The molecular formula is C12H15ClN2O2. The minimum atomic E-state index is -0.957. The van der Waals surface area contributed by atoms with E-state index in [1.54, 1.807) is 0 Å². The van der Waals surface area contributed by atoms with Crippen molar-refractivity contribution in [2.24, 2.45) is 0 Å². The molecule has 4 nitrogen and oxygen atoms in total. The average Bonchev–Trinajstić information content (AvgIpc) is 2.29. The van der Waals surface area contributed by atoms with Gasteiger partial charge in [-0.2, -0.15) is 0 Å². The number of carboxylic acids is 1. The minimum absolute atomic E-state index is 0.225. The van der Waals surface area contributed by atoms with Crippen molar-refractivity contribution in [2.75, 3.05) is 11.4 Å². The molecular weight excluding hydrogens is 240 g/mol. The quantitative estimate of drug-likeness (QED) is 0.825. The van der Waals surface area contributed by atoms with Gasteiger partial charge in [0.1, 0.15) is 16.5 Å². The van der Waals surface area contributed by atoms with Crippen molar-refractivity contribution in [3.8, 4) is 0 Å². The van der Waals surface area contributed by atoms with Gasteiger partial charge in [0.15, 0.2) is 0 Å². The molecule has 0 saturated carbocycles. The summed E-state index contributed by atoms with van der Waals surface area (Å²) in [6, 6.07) is 3.35. The molecule has 1 aromatic heterocycles. The SMILES string of the molecule is CC1CCCCN1c1nc(Cl)ccc1C(=O)O. The topological polar surface area (TPSA) is 53.4 Å². The van der Waals surface area contributed by atoms with Crippen LogP contribution in [0.1, 0.15) is 36.5 Å². The van der Waals surface area contributed by atoms with Crippen LogP contribution in [-0.2, 0) is 0 Å². The molecule has 0 amide bonds. The van der Waals surface area contributed by atoms with Crippen LogP contribution in [0.5, 0.6) is 0 Å². The lowest BCUT2D eigenvalue weighted by atomic mass is 10.0. The molecule has 1 N–H and O–H groups in total. The zero-order valence-electron chi connectivity index (χ0n) is 9.69. The number of hydrogen-bond donors (Lipinski definition) is 1. The molecule has 1 aromatic rings. The predicted molar refractivity (Wildman–Crippen MR) is 66.9 cm³/mol. The fourth-order valence-corrected chi connectivity index (χ4v) is 2.37. The molecule has 1 fully saturated rings. The number of anilines is 1. The van der Waals surface area contributed by atoms with E-state index >= 15 is 0 Å². The van der Waals surface area contributed by atoms with E-state index in [1.165, 1.54) is 18.6 Å². The summed E-state index contributed by atoms with van der Waals surface area (Å²) in [6.07, 6.45) is 3.31. The standard InChI is InChI=1S/C12H15ClN2O2/c1-8-4-2-3-7-15(8)11-9(12(16)17)5-6-10(13)14-11/h5-6,8H,2-4,7H2,1H3,(H,16,17). The first-order valence-corrected chi connectivity index (χ1v) is 6.14. The first-order chi connectivity index (χ1) is 8.09. The van der Waals surface area contributed by atoms with Crippen molar-refractivity contribution >= 4 is 23.4 Å².